The summed E-state index contributed by atoms with van der Waals surface area (Å²) in [6, 6.07) is 9.32. The molecule has 1 aliphatic carbocycles. The van der Waals surface area contributed by atoms with Crippen LogP contribution in [0.25, 0.3) is 0 Å². The molecule has 98 valence electrons. The molecule has 0 aromatic heterocycles. The molecule has 2 atom stereocenters. The maximum absolute atomic E-state index is 11.8. The van der Waals surface area contributed by atoms with Crippen LogP contribution in [0, 0.1) is 5.92 Å². The van der Waals surface area contributed by atoms with Gasteiger partial charge in [-0.05, 0) is 37.9 Å². The van der Waals surface area contributed by atoms with E-state index in [1.807, 2.05) is 30.3 Å². The molecule has 1 fully saturated rings. The molecule has 18 heavy (non-hydrogen) atoms. The summed E-state index contributed by atoms with van der Waals surface area (Å²) in [5.74, 6) is 0.306. The van der Waals surface area contributed by atoms with E-state index in [-0.39, 0.29) is 12.2 Å². The van der Waals surface area contributed by atoms with Crippen LogP contribution in [0.5, 0.6) is 0 Å². The van der Waals surface area contributed by atoms with Crippen molar-refractivity contribution in [2.45, 2.75) is 31.8 Å². The summed E-state index contributed by atoms with van der Waals surface area (Å²) in [6.07, 6.45) is 3.85. The molecule has 4 heteroatoms. The Labute approximate surface area is 108 Å². The third kappa shape index (κ3) is 3.47. The molecule has 0 aliphatic heterocycles. The first-order chi connectivity index (χ1) is 8.79. The average Bonchev–Trinajstić information content (AvgIpc) is 2.40. The smallest absolute Gasteiger partial charge is 0.411 e. The van der Waals surface area contributed by atoms with Crippen LogP contribution in [0.15, 0.2) is 30.3 Å². The van der Waals surface area contributed by atoms with E-state index in [0.717, 1.165) is 24.9 Å². The molecule has 1 saturated carbocycles. The number of para-hydroxylation sites is 1. The quantitative estimate of drug-likeness (QED) is 0.864. The van der Waals surface area contributed by atoms with Gasteiger partial charge in [0.15, 0.2) is 0 Å². The molecule has 2 unspecified atom stereocenters. The molecule has 1 aliphatic rings. The van der Waals surface area contributed by atoms with Crippen LogP contribution in [0.4, 0.5) is 10.5 Å². The zero-order valence-corrected chi connectivity index (χ0v) is 10.5. The molecule has 1 amide bonds. The predicted octanol–water partition coefficient (Wildman–Crippen LogP) is 2.75. The first-order valence-electron chi connectivity index (χ1n) is 6.52. The second kappa shape index (κ2) is 6.40. The molecule has 0 spiro atoms. The molecule has 0 saturated heterocycles. The van der Waals surface area contributed by atoms with E-state index in [1.165, 1.54) is 6.42 Å². The number of nitrogens with two attached hydrogens (primary N) is 1. The van der Waals surface area contributed by atoms with Crippen LogP contribution in [0.3, 0.4) is 0 Å². The maximum atomic E-state index is 11.8. The molecule has 3 N–H and O–H groups in total. The van der Waals surface area contributed by atoms with Crippen molar-refractivity contribution in [3.63, 3.8) is 0 Å². The van der Waals surface area contributed by atoms with Gasteiger partial charge >= 0.3 is 6.09 Å². The van der Waals surface area contributed by atoms with Crippen molar-refractivity contribution in [3.05, 3.63) is 30.3 Å². The number of hydrogen-bond donors (Lipinski definition) is 2. The molecule has 0 heterocycles. The molecule has 0 radical (unpaired) electrons. The lowest BCUT2D eigenvalue weighted by Gasteiger charge is -2.30. The van der Waals surface area contributed by atoms with Crippen molar-refractivity contribution in [3.8, 4) is 0 Å². The fourth-order valence-corrected chi connectivity index (χ4v) is 2.40. The monoisotopic (exact) mass is 248 g/mol. The van der Waals surface area contributed by atoms with Crippen molar-refractivity contribution >= 4 is 11.8 Å². The Bertz CT molecular complexity index is 381. The minimum Gasteiger partial charge on any atom is -0.446 e. The van der Waals surface area contributed by atoms with Crippen molar-refractivity contribution in [2.75, 3.05) is 11.9 Å². The second-order valence-corrected chi connectivity index (χ2v) is 4.72. The van der Waals surface area contributed by atoms with Crippen molar-refractivity contribution in [1.82, 2.24) is 0 Å². The fraction of sp³-hybridized carbons (Fsp3) is 0.500. The number of carbonyl (C=O) groups excluding carboxylic acids is 1. The first-order valence-corrected chi connectivity index (χ1v) is 6.52. The highest BCUT2D eigenvalue weighted by Gasteiger charge is 2.27. The molecule has 4 nitrogen and oxygen atoms in total. The SMILES string of the molecule is NCC1CCCCC1OC(=O)Nc1ccccc1. The van der Waals surface area contributed by atoms with Gasteiger partial charge in [-0.2, -0.15) is 0 Å². The Kier molecular flexibility index (Phi) is 4.59. The standard InChI is InChI=1S/C14H20N2O2/c15-10-11-6-4-5-9-13(11)18-14(17)16-12-7-2-1-3-8-12/h1-3,7-8,11,13H,4-6,9-10,15H2,(H,16,17). The molecule has 2 rings (SSSR count). The number of carbonyl (C=O) groups is 1. The summed E-state index contributed by atoms with van der Waals surface area (Å²) in [6.45, 7) is 0.587. The van der Waals surface area contributed by atoms with E-state index < -0.39 is 0 Å². The summed E-state index contributed by atoms with van der Waals surface area (Å²) in [5.41, 5.74) is 6.46. The highest BCUT2D eigenvalue weighted by atomic mass is 16.6. The lowest BCUT2D eigenvalue weighted by atomic mass is 9.86. The van der Waals surface area contributed by atoms with Crippen LogP contribution >= 0.6 is 0 Å². The van der Waals surface area contributed by atoms with E-state index in [2.05, 4.69) is 5.32 Å². The van der Waals surface area contributed by atoms with E-state index in [4.69, 9.17) is 10.5 Å². The Balaban J connectivity index is 1.86. The van der Waals surface area contributed by atoms with E-state index >= 15 is 0 Å². The van der Waals surface area contributed by atoms with Gasteiger partial charge in [0.1, 0.15) is 6.10 Å². The van der Waals surface area contributed by atoms with Gasteiger partial charge in [-0.25, -0.2) is 4.79 Å². The third-order valence-electron chi connectivity index (χ3n) is 3.42. The topological polar surface area (TPSA) is 64.3 Å². The van der Waals surface area contributed by atoms with Crippen molar-refractivity contribution in [1.29, 1.82) is 0 Å². The van der Waals surface area contributed by atoms with E-state index in [0.29, 0.717) is 12.5 Å². The minimum atomic E-state index is -0.383. The lowest BCUT2D eigenvalue weighted by Crippen LogP contribution is -2.35. The lowest BCUT2D eigenvalue weighted by molar-refractivity contribution is 0.0489. The number of anilines is 1. The summed E-state index contributed by atoms with van der Waals surface area (Å²) in [4.78, 5) is 11.8. The summed E-state index contributed by atoms with van der Waals surface area (Å²) < 4.78 is 5.47. The van der Waals surface area contributed by atoms with Gasteiger partial charge in [-0.3, -0.25) is 5.32 Å². The van der Waals surface area contributed by atoms with Gasteiger partial charge in [-0.15, -0.1) is 0 Å². The van der Waals surface area contributed by atoms with Crippen LogP contribution in [-0.2, 0) is 4.74 Å². The highest BCUT2D eigenvalue weighted by molar-refractivity contribution is 5.84. The molecule has 1 aromatic carbocycles. The van der Waals surface area contributed by atoms with Crippen LogP contribution in [0.1, 0.15) is 25.7 Å². The molecule has 0 bridgehead atoms. The van der Waals surface area contributed by atoms with Crippen molar-refractivity contribution in [2.24, 2.45) is 11.7 Å². The zero-order chi connectivity index (χ0) is 12.8. The van der Waals surface area contributed by atoms with E-state index in [1.54, 1.807) is 0 Å². The van der Waals surface area contributed by atoms with Gasteiger partial charge in [-0.1, -0.05) is 24.6 Å². The summed E-state index contributed by atoms with van der Waals surface area (Å²) in [7, 11) is 0. The Hall–Kier alpha value is -1.55. The van der Waals surface area contributed by atoms with Crippen molar-refractivity contribution < 1.29 is 9.53 Å². The van der Waals surface area contributed by atoms with Gasteiger partial charge in [0.05, 0.1) is 0 Å². The molecule has 1 aromatic rings. The van der Waals surface area contributed by atoms with Crippen LogP contribution < -0.4 is 11.1 Å². The fourth-order valence-electron chi connectivity index (χ4n) is 2.40. The normalized spacial score (nSPS) is 23.4. The summed E-state index contributed by atoms with van der Waals surface area (Å²) >= 11 is 0. The number of ether oxygens (including phenoxy) is 1. The number of amides is 1. The number of benzene rings is 1. The highest BCUT2D eigenvalue weighted by Crippen LogP contribution is 2.26. The first kappa shape index (κ1) is 12.9. The van der Waals surface area contributed by atoms with E-state index in [9.17, 15) is 4.79 Å². The third-order valence-corrected chi connectivity index (χ3v) is 3.42. The summed E-state index contributed by atoms with van der Waals surface area (Å²) in [5, 5.41) is 2.73. The predicted molar refractivity (Wildman–Crippen MR) is 71.3 cm³/mol. The Morgan fingerprint density at radius 2 is 2.00 bits per heavy atom. The van der Waals surface area contributed by atoms with Gasteiger partial charge < -0.3 is 10.5 Å². The largest absolute Gasteiger partial charge is 0.446 e. The van der Waals surface area contributed by atoms with Gasteiger partial charge in [0.25, 0.3) is 0 Å². The van der Waals surface area contributed by atoms with Gasteiger partial charge in [0, 0.05) is 11.6 Å². The Morgan fingerprint density at radius 3 is 2.72 bits per heavy atom. The number of nitrogens with one attached hydrogen (secondary N) is 1. The average molecular weight is 248 g/mol. The molecular weight excluding hydrogens is 228 g/mol. The Morgan fingerprint density at radius 1 is 1.28 bits per heavy atom. The van der Waals surface area contributed by atoms with Crippen LogP contribution in [0.2, 0.25) is 0 Å². The van der Waals surface area contributed by atoms with Gasteiger partial charge in [0.2, 0.25) is 0 Å². The number of rotatable bonds is 3. The number of hydrogen-bond acceptors (Lipinski definition) is 3. The maximum Gasteiger partial charge on any atom is 0.411 e. The molecular formula is C14H20N2O2. The minimum absolute atomic E-state index is 0.0348. The second-order valence-electron chi connectivity index (χ2n) is 4.72. The zero-order valence-electron chi connectivity index (χ0n) is 10.5. The van der Waals surface area contributed by atoms with Crippen LogP contribution in [-0.4, -0.2) is 18.7 Å².